The van der Waals surface area contributed by atoms with Gasteiger partial charge in [-0.05, 0) is 30.9 Å². The highest BCUT2D eigenvalue weighted by Gasteiger charge is 2.15. The Bertz CT molecular complexity index is 697. The summed E-state index contributed by atoms with van der Waals surface area (Å²) in [6.07, 6.45) is 2.08. The minimum atomic E-state index is -0.131. The lowest BCUT2D eigenvalue weighted by Crippen LogP contribution is -2.10. The van der Waals surface area contributed by atoms with E-state index in [2.05, 4.69) is 46.1 Å². The van der Waals surface area contributed by atoms with Gasteiger partial charge < -0.3 is 5.73 Å². The van der Waals surface area contributed by atoms with Gasteiger partial charge in [0.15, 0.2) is 5.82 Å². The third kappa shape index (κ3) is 2.16. The highest BCUT2D eigenvalue weighted by molar-refractivity contribution is 7.98. The molecule has 4 nitrogen and oxygen atoms in total. The third-order valence-corrected chi connectivity index (χ3v) is 4.53. The van der Waals surface area contributed by atoms with Crippen molar-refractivity contribution in [3.63, 3.8) is 0 Å². The maximum absolute atomic E-state index is 5.95. The number of nitrogens with zero attached hydrogens (tertiary/aromatic N) is 3. The number of aromatic nitrogens is 3. The largest absolute Gasteiger partial charge is 0.322 e. The zero-order chi connectivity index (χ0) is 13.4. The molecule has 0 spiro atoms. The predicted octanol–water partition coefficient (Wildman–Crippen LogP) is 3.20. The summed E-state index contributed by atoms with van der Waals surface area (Å²) >= 11 is 3.32. The Balaban J connectivity index is 2.15. The van der Waals surface area contributed by atoms with Crippen LogP contribution >= 0.6 is 23.1 Å². The summed E-state index contributed by atoms with van der Waals surface area (Å²) in [4.78, 5) is 2.14. The highest BCUT2D eigenvalue weighted by Crippen LogP contribution is 2.29. The molecule has 2 heterocycles. The molecule has 0 bridgehead atoms. The van der Waals surface area contributed by atoms with Crippen molar-refractivity contribution in [1.29, 1.82) is 0 Å². The Morgan fingerprint density at radius 1 is 1.26 bits per heavy atom. The minimum absolute atomic E-state index is 0.131. The molecule has 0 fully saturated rings. The van der Waals surface area contributed by atoms with Crippen molar-refractivity contribution in [2.75, 3.05) is 6.26 Å². The summed E-state index contributed by atoms with van der Waals surface area (Å²) < 4.78 is 2.05. The van der Waals surface area contributed by atoms with Crippen molar-refractivity contribution in [3.05, 3.63) is 35.5 Å². The summed E-state index contributed by atoms with van der Waals surface area (Å²) in [5, 5.41) is 10.4. The molecule has 0 amide bonds. The van der Waals surface area contributed by atoms with Gasteiger partial charge in [0.1, 0.15) is 0 Å². The summed E-state index contributed by atoms with van der Waals surface area (Å²) in [5.41, 5.74) is 8.21. The van der Waals surface area contributed by atoms with E-state index in [4.69, 9.17) is 5.73 Å². The number of benzene rings is 1. The first-order valence-corrected chi connectivity index (χ1v) is 8.03. The van der Waals surface area contributed by atoms with Crippen LogP contribution < -0.4 is 5.73 Å². The molecule has 0 aliphatic heterocycles. The molecule has 98 valence electrons. The number of rotatable bonds is 3. The second-order valence-corrected chi connectivity index (χ2v) is 6.03. The normalized spacial score (nSPS) is 13.0. The fourth-order valence-corrected chi connectivity index (χ4v) is 3.25. The average Bonchev–Trinajstić information content (AvgIpc) is 2.99. The van der Waals surface area contributed by atoms with Crippen LogP contribution in [-0.4, -0.2) is 20.9 Å². The summed E-state index contributed by atoms with van der Waals surface area (Å²) in [6, 6.07) is 8.36. The Labute approximate surface area is 119 Å². The quantitative estimate of drug-likeness (QED) is 0.753. The number of thioether (sulfide) groups is 1. The van der Waals surface area contributed by atoms with Gasteiger partial charge in [-0.3, -0.25) is 4.40 Å². The maximum Gasteiger partial charge on any atom is 0.216 e. The van der Waals surface area contributed by atoms with Crippen molar-refractivity contribution < 1.29 is 0 Å². The molecular weight excluding hydrogens is 276 g/mol. The number of thiazole rings is 1. The van der Waals surface area contributed by atoms with Gasteiger partial charge in [0.25, 0.3) is 0 Å². The van der Waals surface area contributed by atoms with Crippen LogP contribution in [0.5, 0.6) is 0 Å². The van der Waals surface area contributed by atoms with Crippen molar-refractivity contribution in [2.24, 2.45) is 5.73 Å². The van der Waals surface area contributed by atoms with Gasteiger partial charge in [-0.1, -0.05) is 12.1 Å². The van der Waals surface area contributed by atoms with Gasteiger partial charge in [-0.15, -0.1) is 33.3 Å². The Kier molecular flexibility index (Phi) is 3.30. The molecule has 6 heteroatoms. The Morgan fingerprint density at radius 3 is 2.63 bits per heavy atom. The van der Waals surface area contributed by atoms with Gasteiger partial charge in [0.2, 0.25) is 4.96 Å². The lowest BCUT2D eigenvalue weighted by Gasteiger charge is -2.06. The zero-order valence-electron chi connectivity index (χ0n) is 10.7. The molecule has 0 aliphatic rings. The van der Waals surface area contributed by atoms with E-state index in [0.717, 1.165) is 22.0 Å². The van der Waals surface area contributed by atoms with E-state index in [0.29, 0.717) is 0 Å². The molecule has 3 aromatic rings. The second kappa shape index (κ2) is 4.96. The van der Waals surface area contributed by atoms with E-state index in [9.17, 15) is 0 Å². The molecule has 0 saturated heterocycles. The Morgan fingerprint density at radius 2 is 2.00 bits per heavy atom. The van der Waals surface area contributed by atoms with E-state index in [1.54, 1.807) is 23.1 Å². The number of fused-ring (bicyclic) bond motifs is 1. The van der Waals surface area contributed by atoms with E-state index in [-0.39, 0.29) is 6.04 Å². The monoisotopic (exact) mass is 290 g/mol. The fourth-order valence-electron chi connectivity index (χ4n) is 2.00. The van der Waals surface area contributed by atoms with Crippen molar-refractivity contribution in [2.45, 2.75) is 17.9 Å². The molecule has 2 N–H and O–H groups in total. The lowest BCUT2D eigenvalue weighted by molar-refractivity contribution is 0.729. The standard InChI is InChI=1S/C13H14N4S2/c1-8(14)12-15-16-13-17(12)11(7-19-13)9-3-5-10(18-2)6-4-9/h3-8H,14H2,1-2H3. The zero-order valence-corrected chi connectivity index (χ0v) is 12.3. The molecule has 1 unspecified atom stereocenters. The van der Waals surface area contributed by atoms with Crippen molar-refractivity contribution in [3.8, 4) is 11.3 Å². The first-order valence-electron chi connectivity index (χ1n) is 5.93. The van der Waals surface area contributed by atoms with Gasteiger partial charge >= 0.3 is 0 Å². The van der Waals surface area contributed by atoms with Crippen LogP contribution in [0.2, 0.25) is 0 Å². The molecular formula is C13H14N4S2. The Hall–Kier alpha value is -1.37. The summed E-state index contributed by atoms with van der Waals surface area (Å²) in [7, 11) is 0. The first kappa shape index (κ1) is 12.7. The molecule has 1 atom stereocenters. The lowest BCUT2D eigenvalue weighted by atomic mass is 10.2. The molecule has 19 heavy (non-hydrogen) atoms. The van der Waals surface area contributed by atoms with Gasteiger partial charge in [0.05, 0.1) is 11.7 Å². The second-order valence-electron chi connectivity index (χ2n) is 4.31. The molecule has 1 aromatic carbocycles. The smallest absolute Gasteiger partial charge is 0.216 e. The number of hydrogen-bond acceptors (Lipinski definition) is 5. The predicted molar refractivity (Wildman–Crippen MR) is 80.7 cm³/mol. The van der Waals surface area contributed by atoms with Crippen LogP contribution in [0.25, 0.3) is 16.2 Å². The molecule has 0 aliphatic carbocycles. The SMILES string of the molecule is CSc1ccc(-c2csc3nnc(C(C)N)n23)cc1. The van der Waals surface area contributed by atoms with Gasteiger partial charge in [-0.25, -0.2) is 0 Å². The first-order chi connectivity index (χ1) is 9.20. The number of hydrogen-bond donors (Lipinski definition) is 1. The van der Waals surface area contributed by atoms with Crippen molar-refractivity contribution >= 4 is 28.1 Å². The van der Waals surface area contributed by atoms with E-state index in [1.165, 1.54) is 4.90 Å². The van der Waals surface area contributed by atoms with Crippen LogP contribution in [0.1, 0.15) is 18.8 Å². The van der Waals surface area contributed by atoms with E-state index in [1.807, 2.05) is 11.3 Å². The van der Waals surface area contributed by atoms with E-state index >= 15 is 0 Å². The van der Waals surface area contributed by atoms with Crippen LogP contribution in [0.3, 0.4) is 0 Å². The average molecular weight is 290 g/mol. The molecule has 2 aromatic heterocycles. The molecule has 0 saturated carbocycles. The summed E-state index contributed by atoms with van der Waals surface area (Å²) in [6.45, 7) is 1.93. The maximum atomic E-state index is 5.95. The molecule has 0 radical (unpaired) electrons. The van der Waals surface area contributed by atoms with Gasteiger partial charge in [-0.2, -0.15) is 0 Å². The summed E-state index contributed by atoms with van der Waals surface area (Å²) in [5.74, 6) is 0.806. The van der Waals surface area contributed by atoms with Crippen LogP contribution in [0.4, 0.5) is 0 Å². The van der Waals surface area contributed by atoms with Crippen LogP contribution in [-0.2, 0) is 0 Å². The fraction of sp³-hybridized carbons (Fsp3) is 0.231. The van der Waals surface area contributed by atoms with E-state index < -0.39 is 0 Å². The highest BCUT2D eigenvalue weighted by atomic mass is 32.2. The topological polar surface area (TPSA) is 56.2 Å². The molecule has 3 rings (SSSR count). The van der Waals surface area contributed by atoms with Crippen LogP contribution in [0.15, 0.2) is 34.5 Å². The number of nitrogens with two attached hydrogens (primary N) is 1. The van der Waals surface area contributed by atoms with Crippen LogP contribution in [0, 0.1) is 0 Å². The van der Waals surface area contributed by atoms with Crippen molar-refractivity contribution in [1.82, 2.24) is 14.6 Å². The van der Waals surface area contributed by atoms with Gasteiger partial charge in [0, 0.05) is 10.3 Å². The minimum Gasteiger partial charge on any atom is -0.322 e. The third-order valence-electron chi connectivity index (χ3n) is 2.97.